The normalized spacial score (nSPS) is 23.3. The highest BCUT2D eigenvalue weighted by molar-refractivity contribution is 7.89. The second-order valence-corrected chi connectivity index (χ2v) is 7.09. The number of methoxy groups -OCH3 is 1. The standard InChI is InChI=1S/C14H19FN2O4S/c1-9-10(2)17(7-6-16-9)22(19,20)13-5-4-11(15)8-12(13)14(18)21-3/h4-5,8-10,16H,6-7H2,1-3H3. The molecule has 0 amide bonds. The zero-order chi connectivity index (χ0) is 16.5. The maximum Gasteiger partial charge on any atom is 0.339 e. The van der Waals surface area contributed by atoms with Crippen LogP contribution in [0.15, 0.2) is 23.1 Å². The van der Waals surface area contributed by atoms with E-state index >= 15 is 0 Å². The van der Waals surface area contributed by atoms with Crippen molar-refractivity contribution in [2.45, 2.75) is 30.8 Å². The number of esters is 1. The first kappa shape index (κ1) is 16.9. The summed E-state index contributed by atoms with van der Waals surface area (Å²) in [4.78, 5) is 11.5. The lowest BCUT2D eigenvalue weighted by Gasteiger charge is -2.37. The van der Waals surface area contributed by atoms with Gasteiger partial charge in [-0.1, -0.05) is 0 Å². The van der Waals surface area contributed by atoms with Gasteiger partial charge in [0.2, 0.25) is 10.0 Å². The molecule has 1 fully saturated rings. The van der Waals surface area contributed by atoms with Crippen LogP contribution in [0.4, 0.5) is 4.39 Å². The van der Waals surface area contributed by atoms with E-state index in [1.807, 2.05) is 6.92 Å². The van der Waals surface area contributed by atoms with Crippen molar-refractivity contribution in [3.8, 4) is 0 Å². The van der Waals surface area contributed by atoms with E-state index in [2.05, 4.69) is 10.1 Å². The number of carbonyl (C=O) groups excluding carboxylic acids is 1. The molecule has 22 heavy (non-hydrogen) atoms. The van der Waals surface area contributed by atoms with E-state index in [0.29, 0.717) is 6.54 Å². The van der Waals surface area contributed by atoms with Crippen LogP contribution in [-0.4, -0.2) is 51.0 Å². The van der Waals surface area contributed by atoms with Gasteiger partial charge in [0.25, 0.3) is 0 Å². The van der Waals surface area contributed by atoms with Crippen molar-refractivity contribution >= 4 is 16.0 Å². The van der Waals surface area contributed by atoms with Crippen LogP contribution in [-0.2, 0) is 14.8 Å². The zero-order valence-corrected chi connectivity index (χ0v) is 13.5. The van der Waals surface area contributed by atoms with Gasteiger partial charge in [0.1, 0.15) is 5.82 Å². The van der Waals surface area contributed by atoms with Crippen molar-refractivity contribution in [3.05, 3.63) is 29.6 Å². The Morgan fingerprint density at radius 2 is 2.09 bits per heavy atom. The lowest BCUT2D eigenvalue weighted by atomic mass is 10.1. The predicted molar refractivity (Wildman–Crippen MR) is 78.6 cm³/mol. The van der Waals surface area contributed by atoms with E-state index in [1.165, 1.54) is 4.31 Å². The Labute approximate surface area is 129 Å². The van der Waals surface area contributed by atoms with Crippen molar-refractivity contribution in [1.82, 2.24) is 9.62 Å². The average Bonchev–Trinajstić information content (AvgIpc) is 2.48. The second-order valence-electron chi connectivity index (χ2n) is 5.23. The molecule has 1 aromatic carbocycles. The van der Waals surface area contributed by atoms with Crippen molar-refractivity contribution < 1.29 is 22.3 Å². The zero-order valence-electron chi connectivity index (χ0n) is 12.7. The van der Waals surface area contributed by atoms with Crippen molar-refractivity contribution in [2.75, 3.05) is 20.2 Å². The highest BCUT2D eigenvalue weighted by Crippen LogP contribution is 2.25. The average molecular weight is 330 g/mol. The molecule has 1 saturated heterocycles. The topological polar surface area (TPSA) is 75.7 Å². The molecule has 8 heteroatoms. The molecule has 0 aromatic heterocycles. The summed E-state index contributed by atoms with van der Waals surface area (Å²) in [6.45, 7) is 4.47. The summed E-state index contributed by atoms with van der Waals surface area (Å²) in [5, 5.41) is 3.19. The third-order valence-corrected chi connectivity index (χ3v) is 5.95. The van der Waals surface area contributed by atoms with Crippen LogP contribution < -0.4 is 5.32 Å². The van der Waals surface area contributed by atoms with E-state index < -0.39 is 21.8 Å². The number of hydrogen-bond acceptors (Lipinski definition) is 5. The molecule has 2 rings (SSSR count). The minimum atomic E-state index is -3.92. The number of rotatable bonds is 3. The molecule has 1 aromatic rings. The minimum Gasteiger partial charge on any atom is -0.465 e. The van der Waals surface area contributed by atoms with Crippen molar-refractivity contribution in [3.63, 3.8) is 0 Å². The lowest BCUT2D eigenvalue weighted by molar-refractivity contribution is 0.0595. The summed E-state index contributed by atoms with van der Waals surface area (Å²) in [6.07, 6.45) is 0. The van der Waals surface area contributed by atoms with Crippen LogP contribution in [0.1, 0.15) is 24.2 Å². The number of sulfonamides is 1. The Bertz CT molecular complexity index is 677. The smallest absolute Gasteiger partial charge is 0.339 e. The van der Waals surface area contributed by atoms with Crippen molar-refractivity contribution in [1.29, 1.82) is 0 Å². The second kappa shape index (κ2) is 6.31. The molecular weight excluding hydrogens is 311 g/mol. The SMILES string of the molecule is COC(=O)c1cc(F)ccc1S(=O)(=O)N1CCNC(C)C1C. The highest BCUT2D eigenvalue weighted by atomic mass is 32.2. The van der Waals surface area contributed by atoms with E-state index in [4.69, 9.17) is 0 Å². The molecule has 1 heterocycles. The number of ether oxygens (including phenoxy) is 1. The Hall–Kier alpha value is -1.51. The fourth-order valence-electron chi connectivity index (χ4n) is 2.49. The molecule has 2 atom stereocenters. The van der Waals surface area contributed by atoms with Gasteiger partial charge >= 0.3 is 5.97 Å². The van der Waals surface area contributed by atoms with E-state index in [1.54, 1.807) is 6.92 Å². The van der Waals surface area contributed by atoms with Gasteiger partial charge in [-0.3, -0.25) is 0 Å². The number of benzene rings is 1. The number of nitrogens with one attached hydrogen (secondary N) is 1. The molecule has 1 aliphatic heterocycles. The third kappa shape index (κ3) is 2.99. The first-order valence-electron chi connectivity index (χ1n) is 6.92. The van der Waals surface area contributed by atoms with Gasteiger partial charge in [-0.2, -0.15) is 4.31 Å². The number of nitrogens with zero attached hydrogens (tertiary/aromatic N) is 1. The molecule has 0 aliphatic carbocycles. The largest absolute Gasteiger partial charge is 0.465 e. The number of piperazine rings is 1. The van der Waals surface area contributed by atoms with E-state index in [9.17, 15) is 17.6 Å². The highest BCUT2D eigenvalue weighted by Gasteiger charge is 2.36. The lowest BCUT2D eigenvalue weighted by Crippen LogP contribution is -2.57. The van der Waals surface area contributed by atoms with Crippen LogP contribution in [0.2, 0.25) is 0 Å². The van der Waals surface area contributed by atoms with Gasteiger partial charge in [0, 0.05) is 25.2 Å². The first-order valence-corrected chi connectivity index (χ1v) is 8.36. The van der Waals surface area contributed by atoms with Gasteiger partial charge in [0.15, 0.2) is 0 Å². The maximum atomic E-state index is 13.4. The molecule has 0 spiro atoms. The summed E-state index contributed by atoms with van der Waals surface area (Å²) in [5.74, 6) is -1.57. The third-order valence-electron chi connectivity index (χ3n) is 3.91. The first-order chi connectivity index (χ1) is 10.3. The Morgan fingerprint density at radius 3 is 2.73 bits per heavy atom. The molecule has 122 valence electrons. The number of hydrogen-bond donors (Lipinski definition) is 1. The molecule has 0 radical (unpaired) electrons. The van der Waals surface area contributed by atoms with Crippen LogP contribution in [0.3, 0.4) is 0 Å². The molecule has 0 bridgehead atoms. The van der Waals surface area contributed by atoms with E-state index in [-0.39, 0.29) is 29.1 Å². The Morgan fingerprint density at radius 1 is 1.41 bits per heavy atom. The van der Waals surface area contributed by atoms with Gasteiger partial charge in [-0.25, -0.2) is 17.6 Å². The van der Waals surface area contributed by atoms with Crippen molar-refractivity contribution in [2.24, 2.45) is 0 Å². The van der Waals surface area contributed by atoms with Crippen LogP contribution in [0.25, 0.3) is 0 Å². The summed E-state index contributed by atoms with van der Waals surface area (Å²) in [5.41, 5.74) is -0.291. The van der Waals surface area contributed by atoms with Crippen LogP contribution >= 0.6 is 0 Å². The molecule has 1 aliphatic rings. The summed E-state index contributed by atoms with van der Waals surface area (Å²) in [7, 11) is -2.80. The molecular formula is C14H19FN2O4S. The summed E-state index contributed by atoms with van der Waals surface area (Å²) in [6, 6.07) is 2.71. The van der Waals surface area contributed by atoms with Crippen LogP contribution in [0.5, 0.6) is 0 Å². The van der Waals surface area contributed by atoms with Crippen LogP contribution in [0, 0.1) is 5.82 Å². The maximum absolute atomic E-state index is 13.4. The monoisotopic (exact) mass is 330 g/mol. The van der Waals surface area contributed by atoms with Gasteiger partial charge in [0.05, 0.1) is 17.6 Å². The fraction of sp³-hybridized carbons (Fsp3) is 0.500. The molecule has 1 N–H and O–H groups in total. The Kier molecular flexibility index (Phi) is 4.84. The fourth-order valence-corrected chi connectivity index (χ4v) is 4.35. The quantitative estimate of drug-likeness (QED) is 0.836. The van der Waals surface area contributed by atoms with Gasteiger partial charge in [-0.15, -0.1) is 0 Å². The summed E-state index contributed by atoms with van der Waals surface area (Å²) >= 11 is 0. The minimum absolute atomic E-state index is 0.0226. The molecule has 6 nitrogen and oxygen atoms in total. The van der Waals surface area contributed by atoms with Gasteiger partial charge in [-0.05, 0) is 32.0 Å². The Balaban J connectivity index is 2.52. The predicted octanol–water partition coefficient (Wildman–Crippen LogP) is 0.983. The molecule has 2 unspecified atom stereocenters. The molecule has 0 saturated carbocycles. The number of carbonyl (C=O) groups is 1. The van der Waals surface area contributed by atoms with E-state index in [0.717, 1.165) is 25.3 Å². The number of halogens is 1. The van der Waals surface area contributed by atoms with Gasteiger partial charge < -0.3 is 10.1 Å². The summed E-state index contributed by atoms with van der Waals surface area (Å²) < 4.78 is 45.0.